The van der Waals surface area contributed by atoms with E-state index in [4.69, 9.17) is 4.74 Å². The van der Waals surface area contributed by atoms with Crippen molar-refractivity contribution in [1.82, 2.24) is 19.7 Å². The minimum atomic E-state index is -0.457. The summed E-state index contributed by atoms with van der Waals surface area (Å²) >= 11 is 1.46. The highest BCUT2D eigenvalue weighted by molar-refractivity contribution is 7.99. The molecule has 0 spiro atoms. The predicted octanol–water partition coefficient (Wildman–Crippen LogP) is 2.06. The molecular weight excluding hydrogens is 355 g/mol. The quantitative estimate of drug-likeness (QED) is 0.560. The topological polar surface area (TPSA) is 63.4 Å². The first-order valence-corrected chi connectivity index (χ1v) is 9.57. The first-order chi connectivity index (χ1) is 12.7. The van der Waals surface area contributed by atoms with Crippen LogP contribution in [-0.2, 0) is 11.3 Å². The van der Waals surface area contributed by atoms with Crippen molar-refractivity contribution in [3.05, 3.63) is 42.7 Å². The standard InChI is InChI=1S/C18H23FN4O2S/c1-2-7-23-17(14-3-5-15(19)6-4-14)20-21-18(23)26-13-16(24)12-22-8-10-25-11-9-22/h2-6,16,24H,1,7-13H2/t16-/m1/s1. The van der Waals surface area contributed by atoms with Gasteiger partial charge in [-0.3, -0.25) is 9.47 Å². The normalized spacial score (nSPS) is 16.5. The average molecular weight is 378 g/mol. The van der Waals surface area contributed by atoms with Gasteiger partial charge in [0, 0.05) is 37.5 Å². The van der Waals surface area contributed by atoms with Gasteiger partial charge in [-0.25, -0.2) is 4.39 Å². The number of aromatic nitrogens is 3. The lowest BCUT2D eigenvalue weighted by Crippen LogP contribution is -2.41. The molecule has 1 N–H and O–H groups in total. The lowest BCUT2D eigenvalue weighted by atomic mass is 10.2. The highest BCUT2D eigenvalue weighted by Crippen LogP contribution is 2.25. The highest BCUT2D eigenvalue weighted by Gasteiger charge is 2.18. The zero-order chi connectivity index (χ0) is 18.4. The lowest BCUT2D eigenvalue weighted by Gasteiger charge is -2.28. The van der Waals surface area contributed by atoms with Gasteiger partial charge in [-0.1, -0.05) is 17.8 Å². The van der Waals surface area contributed by atoms with Crippen LogP contribution in [0.1, 0.15) is 0 Å². The van der Waals surface area contributed by atoms with Crippen molar-refractivity contribution < 1.29 is 14.2 Å². The molecule has 0 saturated carbocycles. The molecule has 0 radical (unpaired) electrons. The van der Waals surface area contributed by atoms with E-state index in [2.05, 4.69) is 21.7 Å². The summed E-state index contributed by atoms with van der Waals surface area (Å²) in [5.41, 5.74) is 0.793. The molecule has 0 amide bonds. The first kappa shape index (κ1) is 19.0. The molecule has 0 bridgehead atoms. The fourth-order valence-electron chi connectivity index (χ4n) is 2.81. The van der Waals surface area contributed by atoms with E-state index in [1.54, 1.807) is 18.2 Å². The van der Waals surface area contributed by atoms with Gasteiger partial charge >= 0.3 is 0 Å². The number of β-amino-alcohol motifs (C(OH)–C–C–N with tert-alkyl or cyclic N) is 1. The third-order valence-corrected chi connectivity index (χ3v) is 5.22. The molecule has 0 aliphatic carbocycles. The van der Waals surface area contributed by atoms with Crippen LogP contribution in [0.3, 0.4) is 0 Å². The summed E-state index contributed by atoms with van der Waals surface area (Å²) in [4.78, 5) is 2.20. The number of nitrogens with zero attached hydrogens (tertiary/aromatic N) is 4. The summed E-state index contributed by atoms with van der Waals surface area (Å²) in [5, 5.41) is 19.5. The second-order valence-electron chi connectivity index (χ2n) is 6.09. The van der Waals surface area contributed by atoms with Crippen molar-refractivity contribution in [3.8, 4) is 11.4 Å². The molecular formula is C18H23FN4O2S. The summed E-state index contributed by atoms with van der Waals surface area (Å²) in [6, 6.07) is 6.17. The molecule has 2 aromatic rings. The number of halogens is 1. The summed E-state index contributed by atoms with van der Waals surface area (Å²) < 4.78 is 20.4. The van der Waals surface area contributed by atoms with Crippen LogP contribution in [0.4, 0.5) is 4.39 Å². The highest BCUT2D eigenvalue weighted by atomic mass is 32.2. The molecule has 140 valence electrons. The minimum Gasteiger partial charge on any atom is -0.391 e. The largest absolute Gasteiger partial charge is 0.391 e. The zero-order valence-corrected chi connectivity index (χ0v) is 15.4. The number of morpholine rings is 1. The molecule has 1 saturated heterocycles. The molecule has 1 atom stereocenters. The predicted molar refractivity (Wildman–Crippen MR) is 99.6 cm³/mol. The molecule has 1 aliphatic rings. The Morgan fingerprint density at radius 2 is 2.00 bits per heavy atom. The smallest absolute Gasteiger partial charge is 0.191 e. The second-order valence-corrected chi connectivity index (χ2v) is 7.08. The van der Waals surface area contributed by atoms with E-state index in [0.717, 1.165) is 18.7 Å². The van der Waals surface area contributed by atoms with Crippen molar-refractivity contribution in [3.63, 3.8) is 0 Å². The van der Waals surface area contributed by atoms with Crippen LogP contribution in [0.15, 0.2) is 42.1 Å². The van der Waals surface area contributed by atoms with Crippen molar-refractivity contribution in [1.29, 1.82) is 0 Å². The molecule has 6 nitrogen and oxygen atoms in total. The summed E-state index contributed by atoms with van der Waals surface area (Å²) in [7, 11) is 0. The molecule has 1 aromatic carbocycles. The van der Waals surface area contributed by atoms with Gasteiger partial charge in [-0.05, 0) is 24.3 Å². The first-order valence-electron chi connectivity index (χ1n) is 8.58. The van der Waals surface area contributed by atoms with E-state index in [0.29, 0.717) is 43.0 Å². The van der Waals surface area contributed by atoms with E-state index < -0.39 is 6.10 Å². The van der Waals surface area contributed by atoms with Gasteiger partial charge in [0.1, 0.15) is 5.82 Å². The molecule has 1 aromatic heterocycles. The number of allylic oxidation sites excluding steroid dienone is 1. The number of hydrogen-bond acceptors (Lipinski definition) is 6. The van der Waals surface area contributed by atoms with E-state index in [-0.39, 0.29) is 5.82 Å². The van der Waals surface area contributed by atoms with E-state index in [1.807, 2.05) is 4.57 Å². The number of benzene rings is 1. The molecule has 8 heteroatoms. The molecule has 1 aliphatic heterocycles. The van der Waals surface area contributed by atoms with Crippen LogP contribution >= 0.6 is 11.8 Å². The van der Waals surface area contributed by atoms with Crippen LogP contribution in [0, 0.1) is 5.82 Å². The number of thioether (sulfide) groups is 1. The van der Waals surface area contributed by atoms with Gasteiger partial charge in [0.05, 0.1) is 19.3 Å². The van der Waals surface area contributed by atoms with Crippen molar-refractivity contribution >= 4 is 11.8 Å². The Labute approximate surface area is 156 Å². The Hall–Kier alpha value is -1.74. The maximum Gasteiger partial charge on any atom is 0.191 e. The number of hydrogen-bond donors (Lipinski definition) is 1. The second kappa shape index (κ2) is 9.27. The molecule has 1 fully saturated rings. The van der Waals surface area contributed by atoms with Crippen molar-refractivity contribution in [2.24, 2.45) is 0 Å². The molecule has 26 heavy (non-hydrogen) atoms. The molecule has 2 heterocycles. The van der Waals surface area contributed by atoms with Gasteiger partial charge in [0.15, 0.2) is 11.0 Å². The number of aliphatic hydroxyl groups is 1. The van der Waals surface area contributed by atoms with Gasteiger partial charge in [0.25, 0.3) is 0 Å². The Morgan fingerprint density at radius 1 is 1.27 bits per heavy atom. The van der Waals surface area contributed by atoms with Gasteiger partial charge < -0.3 is 9.84 Å². The summed E-state index contributed by atoms with van der Waals surface area (Å²) in [6.45, 7) is 8.08. The third-order valence-electron chi connectivity index (χ3n) is 4.11. The lowest BCUT2D eigenvalue weighted by molar-refractivity contribution is 0.0188. The van der Waals surface area contributed by atoms with E-state index in [1.165, 1.54) is 23.9 Å². The van der Waals surface area contributed by atoms with Gasteiger partial charge in [0.2, 0.25) is 0 Å². The van der Waals surface area contributed by atoms with Crippen LogP contribution in [0.25, 0.3) is 11.4 Å². The van der Waals surface area contributed by atoms with Crippen molar-refractivity contribution in [2.75, 3.05) is 38.6 Å². The minimum absolute atomic E-state index is 0.288. The fourth-order valence-corrected chi connectivity index (χ4v) is 3.67. The third kappa shape index (κ3) is 4.91. The zero-order valence-electron chi connectivity index (χ0n) is 14.6. The SMILES string of the molecule is C=CCn1c(SC[C@H](O)CN2CCOCC2)nnc1-c1ccc(F)cc1. The Kier molecular flexibility index (Phi) is 6.79. The van der Waals surface area contributed by atoms with Crippen molar-refractivity contribution in [2.45, 2.75) is 17.8 Å². The maximum atomic E-state index is 13.2. The molecule has 0 unspecified atom stereocenters. The summed E-state index contributed by atoms with van der Waals surface area (Å²) in [6.07, 6.45) is 1.31. The van der Waals surface area contributed by atoms with Gasteiger partial charge in [-0.15, -0.1) is 16.8 Å². The number of aliphatic hydroxyl groups excluding tert-OH is 1. The molecule has 3 rings (SSSR count). The Bertz CT molecular complexity index is 716. The average Bonchev–Trinajstić information content (AvgIpc) is 3.05. The number of rotatable bonds is 8. The Morgan fingerprint density at radius 3 is 2.69 bits per heavy atom. The van der Waals surface area contributed by atoms with Crippen LogP contribution < -0.4 is 0 Å². The van der Waals surface area contributed by atoms with E-state index >= 15 is 0 Å². The fraction of sp³-hybridized carbons (Fsp3) is 0.444. The number of ether oxygens (including phenoxy) is 1. The maximum absolute atomic E-state index is 13.2. The van der Waals surface area contributed by atoms with Gasteiger partial charge in [-0.2, -0.15) is 0 Å². The summed E-state index contributed by atoms with van der Waals surface area (Å²) in [5.74, 6) is 0.898. The monoisotopic (exact) mass is 378 g/mol. The Balaban J connectivity index is 1.65. The van der Waals surface area contributed by atoms with E-state index in [9.17, 15) is 9.50 Å². The van der Waals surface area contributed by atoms with Crippen LogP contribution in [-0.4, -0.2) is 69.5 Å². The van der Waals surface area contributed by atoms with Crippen LogP contribution in [0.5, 0.6) is 0 Å². The van der Waals surface area contributed by atoms with Crippen LogP contribution in [0.2, 0.25) is 0 Å².